The van der Waals surface area contributed by atoms with Gasteiger partial charge in [0.25, 0.3) is 0 Å². The molecule has 1 aromatic heterocycles. The molecule has 0 atom stereocenters. The van der Waals surface area contributed by atoms with Crippen molar-refractivity contribution in [1.82, 2.24) is 9.78 Å². The molecule has 0 unspecified atom stereocenters. The first-order valence-corrected chi connectivity index (χ1v) is 6.98. The first-order chi connectivity index (χ1) is 8.90. The summed E-state index contributed by atoms with van der Waals surface area (Å²) in [4.78, 5) is 0. The molecule has 102 valence electrons. The van der Waals surface area contributed by atoms with Gasteiger partial charge in [-0.2, -0.15) is 5.10 Å². The number of nitrogens with zero attached hydrogens (tertiary/aromatic N) is 2. The van der Waals surface area contributed by atoms with Crippen molar-refractivity contribution in [3.8, 4) is 11.6 Å². The predicted molar refractivity (Wildman–Crippen MR) is 80.7 cm³/mol. The van der Waals surface area contributed by atoms with Crippen LogP contribution in [0.1, 0.15) is 31.1 Å². The maximum Gasteiger partial charge on any atom is 0.241 e. The lowest BCUT2D eigenvalue weighted by Gasteiger charge is -2.14. The van der Waals surface area contributed by atoms with Crippen LogP contribution in [0, 0.1) is 13.8 Å². The summed E-state index contributed by atoms with van der Waals surface area (Å²) in [5.41, 5.74) is 8.49. The van der Waals surface area contributed by atoms with Crippen molar-refractivity contribution in [2.24, 2.45) is 0 Å². The number of anilines is 1. The molecule has 4 nitrogen and oxygen atoms in total. The Labute approximate surface area is 121 Å². The van der Waals surface area contributed by atoms with Gasteiger partial charge < -0.3 is 10.5 Å². The minimum atomic E-state index is 0.193. The van der Waals surface area contributed by atoms with E-state index in [1.54, 1.807) is 0 Å². The van der Waals surface area contributed by atoms with E-state index < -0.39 is 0 Å². The second kappa shape index (κ2) is 5.25. The van der Waals surface area contributed by atoms with Crippen LogP contribution in [0.3, 0.4) is 0 Å². The van der Waals surface area contributed by atoms with Gasteiger partial charge in [0, 0.05) is 4.47 Å². The Morgan fingerprint density at radius 2 is 2.00 bits per heavy atom. The van der Waals surface area contributed by atoms with Crippen molar-refractivity contribution in [3.05, 3.63) is 33.9 Å². The van der Waals surface area contributed by atoms with E-state index in [4.69, 9.17) is 10.5 Å². The van der Waals surface area contributed by atoms with E-state index in [9.17, 15) is 0 Å². The van der Waals surface area contributed by atoms with Gasteiger partial charge >= 0.3 is 0 Å². The van der Waals surface area contributed by atoms with Gasteiger partial charge in [-0.1, -0.05) is 22.0 Å². The van der Waals surface area contributed by atoms with E-state index in [-0.39, 0.29) is 6.04 Å². The molecule has 0 fully saturated rings. The highest BCUT2D eigenvalue weighted by atomic mass is 79.9. The minimum Gasteiger partial charge on any atom is -0.437 e. The number of aryl methyl sites for hydroxylation is 2. The molecular formula is C14H18BrN3O. The number of aromatic nitrogens is 2. The summed E-state index contributed by atoms with van der Waals surface area (Å²) in [6.45, 7) is 7.98. The van der Waals surface area contributed by atoms with Gasteiger partial charge in [-0.15, -0.1) is 0 Å². The number of rotatable bonds is 3. The number of hydrogen-bond acceptors (Lipinski definition) is 3. The van der Waals surface area contributed by atoms with E-state index in [0.29, 0.717) is 11.6 Å². The summed E-state index contributed by atoms with van der Waals surface area (Å²) in [5, 5.41) is 4.41. The Bertz CT molecular complexity index is 605. The number of ether oxygens (including phenoxy) is 1. The summed E-state index contributed by atoms with van der Waals surface area (Å²) in [6, 6.07) is 6.11. The molecule has 0 spiro atoms. The zero-order chi connectivity index (χ0) is 14.2. The molecule has 19 heavy (non-hydrogen) atoms. The monoisotopic (exact) mass is 323 g/mol. The highest BCUT2D eigenvalue weighted by Gasteiger charge is 2.17. The first kappa shape index (κ1) is 13.9. The summed E-state index contributed by atoms with van der Waals surface area (Å²) >= 11 is 3.45. The van der Waals surface area contributed by atoms with Crippen LogP contribution in [0.5, 0.6) is 11.6 Å². The van der Waals surface area contributed by atoms with Crippen molar-refractivity contribution < 1.29 is 4.74 Å². The maximum absolute atomic E-state index is 6.06. The molecule has 0 bridgehead atoms. The van der Waals surface area contributed by atoms with Crippen molar-refractivity contribution in [2.45, 2.75) is 33.7 Å². The molecule has 0 aliphatic carbocycles. The van der Waals surface area contributed by atoms with Crippen molar-refractivity contribution in [1.29, 1.82) is 0 Å². The van der Waals surface area contributed by atoms with Crippen molar-refractivity contribution >= 4 is 21.6 Å². The lowest BCUT2D eigenvalue weighted by molar-refractivity contribution is 0.388. The van der Waals surface area contributed by atoms with E-state index >= 15 is 0 Å². The Morgan fingerprint density at radius 3 is 2.63 bits per heavy atom. The summed E-state index contributed by atoms with van der Waals surface area (Å²) in [6.07, 6.45) is 0. The number of halogens is 1. The fourth-order valence-corrected chi connectivity index (χ4v) is 2.12. The quantitative estimate of drug-likeness (QED) is 0.920. The molecule has 2 aromatic rings. The third-order valence-electron chi connectivity index (χ3n) is 2.93. The van der Waals surface area contributed by atoms with Gasteiger partial charge in [0.1, 0.15) is 11.4 Å². The molecule has 2 N–H and O–H groups in total. The zero-order valence-electron chi connectivity index (χ0n) is 11.6. The van der Waals surface area contributed by atoms with Crippen LogP contribution in [-0.2, 0) is 0 Å². The molecule has 0 amide bonds. The molecule has 0 aliphatic rings. The summed E-state index contributed by atoms with van der Waals surface area (Å²) in [7, 11) is 0. The molecule has 0 saturated heterocycles. The molecule has 0 saturated carbocycles. The van der Waals surface area contributed by atoms with Gasteiger partial charge in [-0.3, -0.25) is 0 Å². The van der Waals surface area contributed by atoms with Crippen molar-refractivity contribution in [3.63, 3.8) is 0 Å². The summed E-state index contributed by atoms with van der Waals surface area (Å²) < 4.78 is 8.76. The highest BCUT2D eigenvalue weighted by Crippen LogP contribution is 2.34. The molecule has 0 radical (unpaired) electrons. The average molecular weight is 324 g/mol. The van der Waals surface area contributed by atoms with Crippen LogP contribution < -0.4 is 10.5 Å². The second-order valence-corrected chi connectivity index (χ2v) is 5.77. The second-order valence-electron chi connectivity index (χ2n) is 4.85. The van der Waals surface area contributed by atoms with E-state index in [1.165, 1.54) is 0 Å². The number of benzene rings is 1. The maximum atomic E-state index is 6.06. The lowest BCUT2D eigenvalue weighted by atomic mass is 10.2. The van der Waals surface area contributed by atoms with Crippen LogP contribution in [0.15, 0.2) is 22.7 Å². The Kier molecular flexibility index (Phi) is 3.85. The SMILES string of the molecule is Cc1ccc(Br)cc1Oc1c(N)c(C)nn1C(C)C. The van der Waals surface area contributed by atoms with Gasteiger partial charge in [0.05, 0.1) is 11.7 Å². The zero-order valence-corrected chi connectivity index (χ0v) is 13.2. The standard InChI is InChI=1S/C14H18BrN3O/c1-8(2)18-14(13(16)10(4)17-18)19-12-7-11(15)6-5-9(12)3/h5-8H,16H2,1-4H3. The highest BCUT2D eigenvalue weighted by molar-refractivity contribution is 9.10. The Balaban J connectivity index is 2.45. The van der Waals surface area contributed by atoms with Crippen LogP contribution in [0.25, 0.3) is 0 Å². The molecule has 1 heterocycles. The molecule has 2 rings (SSSR count). The molecule has 0 aliphatic heterocycles. The average Bonchev–Trinajstić information content (AvgIpc) is 2.62. The Hall–Kier alpha value is -1.49. The fourth-order valence-electron chi connectivity index (χ4n) is 1.78. The molecule has 5 heteroatoms. The molecular weight excluding hydrogens is 306 g/mol. The number of nitrogen functional groups attached to an aromatic ring is 1. The minimum absolute atomic E-state index is 0.193. The van der Waals surface area contributed by atoms with E-state index in [2.05, 4.69) is 21.0 Å². The van der Waals surface area contributed by atoms with E-state index in [1.807, 2.05) is 50.6 Å². The number of hydrogen-bond donors (Lipinski definition) is 1. The van der Waals surface area contributed by atoms with Gasteiger partial charge in [-0.25, -0.2) is 4.68 Å². The largest absolute Gasteiger partial charge is 0.437 e. The van der Waals surface area contributed by atoms with Gasteiger partial charge in [-0.05, 0) is 45.4 Å². The van der Waals surface area contributed by atoms with Crippen LogP contribution in [-0.4, -0.2) is 9.78 Å². The summed E-state index contributed by atoms with van der Waals surface area (Å²) in [5.74, 6) is 1.39. The third kappa shape index (κ3) is 2.76. The van der Waals surface area contributed by atoms with E-state index in [0.717, 1.165) is 21.5 Å². The van der Waals surface area contributed by atoms with Crippen molar-refractivity contribution in [2.75, 3.05) is 5.73 Å². The fraction of sp³-hybridized carbons (Fsp3) is 0.357. The normalized spacial score (nSPS) is 11.1. The first-order valence-electron chi connectivity index (χ1n) is 6.18. The van der Waals surface area contributed by atoms with Crippen LogP contribution in [0.4, 0.5) is 5.69 Å². The topological polar surface area (TPSA) is 53.1 Å². The predicted octanol–water partition coefficient (Wildman–Crippen LogP) is 4.22. The van der Waals surface area contributed by atoms with Crippen LogP contribution >= 0.6 is 15.9 Å². The lowest BCUT2D eigenvalue weighted by Crippen LogP contribution is -2.06. The van der Waals surface area contributed by atoms with Gasteiger partial charge in [0.2, 0.25) is 5.88 Å². The Morgan fingerprint density at radius 1 is 1.32 bits per heavy atom. The molecule has 1 aromatic carbocycles. The number of nitrogens with two attached hydrogens (primary N) is 1. The smallest absolute Gasteiger partial charge is 0.241 e. The third-order valence-corrected chi connectivity index (χ3v) is 3.43. The van der Waals surface area contributed by atoms with Gasteiger partial charge in [0.15, 0.2) is 0 Å². The van der Waals surface area contributed by atoms with Crippen LogP contribution in [0.2, 0.25) is 0 Å².